The maximum Gasteiger partial charge on any atom is 0.136 e. The summed E-state index contributed by atoms with van der Waals surface area (Å²) in [5, 5.41) is 7.24. The Morgan fingerprint density at radius 2 is 0.851 bits per heavy atom. The van der Waals surface area contributed by atoms with Gasteiger partial charge in [0.2, 0.25) is 0 Å². The van der Waals surface area contributed by atoms with Gasteiger partial charge in [0.15, 0.2) is 0 Å². The molecule has 0 aliphatic rings. The van der Waals surface area contributed by atoms with E-state index in [1.807, 2.05) is 12.1 Å². The van der Waals surface area contributed by atoms with E-state index in [1.54, 1.807) is 0 Å². The van der Waals surface area contributed by atoms with E-state index in [4.69, 9.17) is 4.42 Å². The summed E-state index contributed by atoms with van der Waals surface area (Å²) in [5.74, 6) is 0. The molecular formula is C64H42N2O. The molecule has 0 aliphatic heterocycles. The molecule has 0 aliphatic carbocycles. The van der Waals surface area contributed by atoms with E-state index >= 15 is 0 Å². The maximum atomic E-state index is 6.41. The van der Waals surface area contributed by atoms with Crippen molar-refractivity contribution < 1.29 is 4.42 Å². The predicted octanol–water partition coefficient (Wildman–Crippen LogP) is 18.0. The zero-order chi connectivity index (χ0) is 44.3. The molecule has 2 heterocycles. The Labute approximate surface area is 388 Å². The summed E-state index contributed by atoms with van der Waals surface area (Å²) in [5.41, 5.74) is 17.8. The molecule has 0 atom stereocenters. The third-order valence-corrected chi connectivity index (χ3v) is 13.4. The highest BCUT2D eigenvalue weighted by molar-refractivity contribution is 6.09. The molecule has 0 fully saturated rings. The number of furan rings is 1. The molecule has 3 heteroatoms. The van der Waals surface area contributed by atoms with Crippen LogP contribution in [-0.4, -0.2) is 4.57 Å². The Bertz CT molecular complexity index is 3930. The number of aromatic nitrogens is 1. The second-order valence-corrected chi connectivity index (χ2v) is 17.3. The first-order chi connectivity index (χ1) is 33.2. The number of hydrogen-bond acceptors (Lipinski definition) is 2. The van der Waals surface area contributed by atoms with Crippen molar-refractivity contribution in [3.8, 4) is 50.2 Å². The number of para-hydroxylation sites is 4. The highest BCUT2D eigenvalue weighted by atomic mass is 16.3. The third-order valence-electron chi connectivity index (χ3n) is 13.4. The van der Waals surface area contributed by atoms with Gasteiger partial charge in [-0.3, -0.25) is 0 Å². The van der Waals surface area contributed by atoms with Crippen LogP contribution < -0.4 is 4.90 Å². The fourth-order valence-corrected chi connectivity index (χ4v) is 10.1. The van der Waals surface area contributed by atoms with Crippen molar-refractivity contribution in [2.24, 2.45) is 0 Å². The highest BCUT2D eigenvalue weighted by Crippen LogP contribution is 2.44. The first-order valence-electron chi connectivity index (χ1n) is 22.9. The van der Waals surface area contributed by atoms with Crippen LogP contribution in [0.4, 0.5) is 17.1 Å². The van der Waals surface area contributed by atoms with E-state index in [1.165, 1.54) is 54.8 Å². The summed E-state index contributed by atoms with van der Waals surface area (Å²) in [6.45, 7) is 0. The van der Waals surface area contributed by atoms with Gasteiger partial charge < -0.3 is 13.9 Å². The monoisotopic (exact) mass is 854 g/mol. The van der Waals surface area contributed by atoms with Gasteiger partial charge in [0.25, 0.3) is 0 Å². The van der Waals surface area contributed by atoms with Gasteiger partial charge in [0, 0.05) is 44.2 Å². The molecule has 13 aromatic rings. The largest absolute Gasteiger partial charge is 0.456 e. The van der Waals surface area contributed by atoms with E-state index in [9.17, 15) is 0 Å². The summed E-state index contributed by atoms with van der Waals surface area (Å²) in [6, 6.07) is 92.0. The summed E-state index contributed by atoms with van der Waals surface area (Å²) < 4.78 is 8.77. The van der Waals surface area contributed by atoms with Crippen LogP contribution in [0.2, 0.25) is 0 Å². The lowest BCUT2D eigenvalue weighted by Crippen LogP contribution is -2.11. The van der Waals surface area contributed by atoms with Gasteiger partial charge in [0.05, 0.1) is 16.7 Å². The molecule has 0 saturated carbocycles. The predicted molar refractivity (Wildman–Crippen MR) is 282 cm³/mol. The molecule has 0 saturated heterocycles. The molecule has 0 radical (unpaired) electrons. The fourth-order valence-electron chi connectivity index (χ4n) is 10.1. The van der Waals surface area contributed by atoms with Crippen molar-refractivity contribution in [1.82, 2.24) is 4.57 Å². The zero-order valence-electron chi connectivity index (χ0n) is 36.6. The Morgan fingerprint density at radius 1 is 0.299 bits per heavy atom. The summed E-state index contributed by atoms with van der Waals surface area (Å²) in [6.07, 6.45) is 0. The van der Waals surface area contributed by atoms with Crippen molar-refractivity contribution in [1.29, 1.82) is 0 Å². The molecule has 0 spiro atoms. The fraction of sp³-hybridized carbons (Fsp3) is 0. The van der Waals surface area contributed by atoms with Crippen molar-refractivity contribution in [2.75, 3.05) is 4.90 Å². The molecule has 0 bridgehead atoms. The highest BCUT2D eigenvalue weighted by Gasteiger charge is 2.20. The number of benzene rings is 11. The van der Waals surface area contributed by atoms with Crippen LogP contribution in [0, 0.1) is 0 Å². The van der Waals surface area contributed by atoms with Gasteiger partial charge in [0.1, 0.15) is 11.2 Å². The zero-order valence-corrected chi connectivity index (χ0v) is 36.6. The second-order valence-electron chi connectivity index (χ2n) is 17.3. The van der Waals surface area contributed by atoms with Crippen LogP contribution >= 0.6 is 0 Å². The van der Waals surface area contributed by atoms with Crippen LogP contribution in [0.1, 0.15) is 0 Å². The number of nitrogens with zero attached hydrogens (tertiary/aromatic N) is 2. The molecule has 0 N–H and O–H groups in total. The topological polar surface area (TPSA) is 21.3 Å². The lowest BCUT2D eigenvalue weighted by Gasteiger charge is -2.28. The molecule has 0 unspecified atom stereocenters. The summed E-state index contributed by atoms with van der Waals surface area (Å²) in [4.78, 5) is 2.39. The van der Waals surface area contributed by atoms with Gasteiger partial charge in [-0.15, -0.1) is 0 Å². The Balaban J connectivity index is 0.877. The van der Waals surface area contributed by atoms with Gasteiger partial charge in [-0.25, -0.2) is 0 Å². The second kappa shape index (κ2) is 16.0. The summed E-state index contributed by atoms with van der Waals surface area (Å²) >= 11 is 0. The Morgan fingerprint density at radius 3 is 1.61 bits per heavy atom. The molecule has 13 rings (SSSR count). The van der Waals surface area contributed by atoms with E-state index in [2.05, 4.69) is 252 Å². The smallest absolute Gasteiger partial charge is 0.136 e. The van der Waals surface area contributed by atoms with E-state index in [0.29, 0.717) is 0 Å². The molecule has 67 heavy (non-hydrogen) atoms. The number of hydrogen-bond donors (Lipinski definition) is 0. The van der Waals surface area contributed by atoms with Crippen LogP contribution in [0.15, 0.2) is 259 Å². The van der Waals surface area contributed by atoms with Crippen LogP contribution in [-0.2, 0) is 0 Å². The lowest BCUT2D eigenvalue weighted by atomic mass is 9.97. The Kier molecular flexibility index (Phi) is 9.17. The van der Waals surface area contributed by atoms with Crippen LogP contribution in [0.25, 0.3) is 105 Å². The van der Waals surface area contributed by atoms with Crippen LogP contribution in [0.5, 0.6) is 0 Å². The minimum atomic E-state index is 0.879. The molecule has 314 valence electrons. The minimum Gasteiger partial charge on any atom is -0.456 e. The quantitative estimate of drug-likeness (QED) is 0.152. The van der Waals surface area contributed by atoms with E-state index in [0.717, 1.165) is 66.9 Å². The molecular weight excluding hydrogens is 813 g/mol. The van der Waals surface area contributed by atoms with Crippen LogP contribution in [0.3, 0.4) is 0 Å². The van der Waals surface area contributed by atoms with E-state index in [-0.39, 0.29) is 0 Å². The number of rotatable bonds is 8. The number of anilines is 3. The first-order valence-corrected chi connectivity index (χ1v) is 22.9. The standard InChI is InChI=1S/C64H42N2O/c1-2-14-46-40-50(28-27-43(46)13-1)49-17-12-18-54(41-49)65(60-23-7-3-19-55(60)51-33-38-59-58-22-6-10-26-63(58)67-64(59)42-51)52-34-29-44(30-35-52)47-15-11-16-48(39-47)45-31-36-53(37-32-45)66-61-24-8-4-20-56(61)57-21-5-9-25-62(57)66/h1-42H. The first kappa shape index (κ1) is 38.5. The average Bonchev–Trinajstić information content (AvgIpc) is 3.95. The van der Waals surface area contributed by atoms with E-state index < -0.39 is 0 Å². The average molecular weight is 855 g/mol. The molecule has 0 amide bonds. The molecule has 11 aromatic carbocycles. The lowest BCUT2D eigenvalue weighted by molar-refractivity contribution is 0.669. The SMILES string of the molecule is c1cc(-c2ccc(N(c3cccc(-c4ccc5ccccc5c4)c3)c3ccccc3-c3ccc4c(c3)oc3ccccc34)cc2)cc(-c2ccc(-n3c4ccccc4c4ccccc43)cc2)c1. The molecule has 2 aromatic heterocycles. The Hall–Kier alpha value is -8.92. The van der Waals surface area contributed by atoms with Gasteiger partial charge in [-0.1, -0.05) is 170 Å². The number of fused-ring (bicyclic) bond motifs is 7. The maximum absolute atomic E-state index is 6.41. The van der Waals surface area contributed by atoms with Crippen molar-refractivity contribution >= 4 is 71.6 Å². The van der Waals surface area contributed by atoms with Crippen molar-refractivity contribution in [3.63, 3.8) is 0 Å². The van der Waals surface area contributed by atoms with Gasteiger partial charge in [-0.2, -0.15) is 0 Å². The van der Waals surface area contributed by atoms with Gasteiger partial charge in [-0.05, 0) is 135 Å². The minimum absolute atomic E-state index is 0.879. The van der Waals surface area contributed by atoms with Crippen molar-refractivity contribution in [2.45, 2.75) is 0 Å². The summed E-state index contributed by atoms with van der Waals surface area (Å²) in [7, 11) is 0. The van der Waals surface area contributed by atoms with Gasteiger partial charge >= 0.3 is 0 Å². The molecule has 3 nitrogen and oxygen atoms in total. The van der Waals surface area contributed by atoms with Crippen molar-refractivity contribution in [3.05, 3.63) is 255 Å². The normalized spacial score (nSPS) is 11.6. The third kappa shape index (κ3) is 6.76.